The summed E-state index contributed by atoms with van der Waals surface area (Å²) in [5, 5.41) is 0. The van der Waals surface area contributed by atoms with Crippen molar-refractivity contribution in [2.45, 2.75) is 18.7 Å². The summed E-state index contributed by atoms with van der Waals surface area (Å²) in [5.41, 5.74) is 0. The van der Waals surface area contributed by atoms with E-state index in [1.165, 1.54) is 6.92 Å². The van der Waals surface area contributed by atoms with E-state index in [4.69, 9.17) is 4.74 Å². The lowest BCUT2D eigenvalue weighted by molar-refractivity contribution is -0.113. The Morgan fingerprint density at radius 2 is 1.88 bits per heavy atom. The second kappa shape index (κ2) is 5.61. The van der Waals surface area contributed by atoms with Gasteiger partial charge in [0.05, 0.1) is 22.8 Å². The van der Waals surface area contributed by atoms with Crippen molar-refractivity contribution in [3.05, 3.63) is 35.2 Å². The summed E-state index contributed by atoms with van der Waals surface area (Å²) in [6, 6.07) is 6.84. The highest BCUT2D eigenvalue weighted by molar-refractivity contribution is 7.90. The molecule has 86 valence electrons. The van der Waals surface area contributed by atoms with E-state index in [2.05, 4.69) is 0 Å². The molecular weight excluding hydrogens is 224 g/mol. The van der Waals surface area contributed by atoms with Gasteiger partial charge in [-0.1, -0.05) is 6.08 Å². The van der Waals surface area contributed by atoms with Gasteiger partial charge in [0.15, 0.2) is 5.78 Å². The van der Waals surface area contributed by atoms with E-state index in [0.717, 1.165) is 0 Å². The predicted octanol–water partition coefficient (Wildman–Crippen LogP) is 2.30. The minimum Gasteiger partial charge on any atom is -0.497 e. The van der Waals surface area contributed by atoms with E-state index in [1.54, 1.807) is 44.4 Å². The van der Waals surface area contributed by atoms with E-state index >= 15 is 0 Å². The molecule has 4 heteroatoms. The van der Waals surface area contributed by atoms with Crippen molar-refractivity contribution in [2.24, 2.45) is 0 Å². The summed E-state index contributed by atoms with van der Waals surface area (Å²) in [5.74, 6) is 0.530. The lowest BCUT2D eigenvalue weighted by atomic mass is 10.3. The summed E-state index contributed by atoms with van der Waals surface area (Å²) in [6.07, 6.45) is 1.59. The van der Waals surface area contributed by atoms with Crippen molar-refractivity contribution in [3.8, 4) is 5.75 Å². The normalized spacial score (nSPS) is 13.3. The lowest BCUT2D eigenvalue weighted by Crippen LogP contribution is -2.04. The van der Waals surface area contributed by atoms with Gasteiger partial charge in [-0.25, -0.2) is 4.21 Å². The first kappa shape index (κ1) is 12.6. The van der Waals surface area contributed by atoms with Gasteiger partial charge < -0.3 is 4.74 Å². The number of ether oxygens (including phenoxy) is 1. The first-order chi connectivity index (χ1) is 7.60. The zero-order valence-corrected chi connectivity index (χ0v) is 10.3. The number of methoxy groups -OCH3 is 1. The lowest BCUT2D eigenvalue weighted by Gasteiger charge is -2.04. The topological polar surface area (TPSA) is 43.4 Å². The minimum absolute atomic E-state index is 0.170. The summed E-state index contributed by atoms with van der Waals surface area (Å²) in [6.45, 7) is 3.12. The van der Waals surface area contributed by atoms with E-state index in [9.17, 15) is 9.00 Å². The summed E-state index contributed by atoms with van der Waals surface area (Å²) < 4.78 is 17.0. The highest BCUT2D eigenvalue weighted by Crippen LogP contribution is 2.18. The van der Waals surface area contributed by atoms with Crippen molar-refractivity contribution in [1.82, 2.24) is 0 Å². The maximum atomic E-state index is 12.0. The number of allylic oxidation sites excluding steroid dienone is 2. The Hall–Kier alpha value is -1.42. The average Bonchev–Trinajstić information content (AvgIpc) is 2.29. The zero-order chi connectivity index (χ0) is 12.1. The largest absolute Gasteiger partial charge is 0.497 e. The summed E-state index contributed by atoms with van der Waals surface area (Å²) in [7, 11) is 0.163. The molecule has 1 atom stereocenters. The molecule has 0 aliphatic rings. The molecule has 0 aliphatic carbocycles. The van der Waals surface area contributed by atoms with Gasteiger partial charge in [-0.15, -0.1) is 0 Å². The Labute approximate surface area is 97.6 Å². The molecule has 0 amide bonds. The molecule has 0 saturated heterocycles. The monoisotopic (exact) mass is 238 g/mol. The molecule has 0 spiro atoms. The number of carbonyl (C=O) groups excluding carboxylic acids is 1. The number of hydrogen-bond acceptors (Lipinski definition) is 3. The fourth-order valence-electron chi connectivity index (χ4n) is 1.27. The molecule has 1 unspecified atom stereocenters. The van der Waals surface area contributed by atoms with Crippen LogP contribution in [0, 0.1) is 0 Å². The van der Waals surface area contributed by atoms with Crippen LogP contribution in [-0.4, -0.2) is 17.1 Å². The molecule has 0 radical (unpaired) electrons. The molecule has 1 aromatic rings. The van der Waals surface area contributed by atoms with Crippen LogP contribution < -0.4 is 4.74 Å². The van der Waals surface area contributed by atoms with Crippen LogP contribution in [0.25, 0.3) is 0 Å². The van der Waals surface area contributed by atoms with Crippen molar-refractivity contribution in [3.63, 3.8) is 0 Å². The molecule has 16 heavy (non-hydrogen) atoms. The van der Waals surface area contributed by atoms with E-state index in [0.29, 0.717) is 15.6 Å². The smallest absolute Gasteiger partial charge is 0.168 e. The van der Waals surface area contributed by atoms with Crippen LogP contribution in [0.3, 0.4) is 0 Å². The molecule has 0 N–H and O–H groups in total. The number of hydrogen-bond donors (Lipinski definition) is 0. The van der Waals surface area contributed by atoms with Crippen LogP contribution in [0.4, 0.5) is 0 Å². The number of rotatable bonds is 4. The van der Waals surface area contributed by atoms with Gasteiger partial charge in [0, 0.05) is 4.90 Å². The molecule has 0 aliphatic heterocycles. The first-order valence-electron chi connectivity index (χ1n) is 4.83. The number of Topliss-reactive ketones (excluding diaryl/α,β-unsaturated/α-hetero) is 1. The van der Waals surface area contributed by atoms with Crippen LogP contribution >= 0.6 is 0 Å². The van der Waals surface area contributed by atoms with Gasteiger partial charge in [-0.3, -0.25) is 4.79 Å². The maximum Gasteiger partial charge on any atom is 0.168 e. The third-order valence-electron chi connectivity index (χ3n) is 2.08. The molecule has 0 saturated carbocycles. The maximum absolute atomic E-state index is 12.0. The number of carbonyl (C=O) groups is 1. The Morgan fingerprint density at radius 3 is 2.25 bits per heavy atom. The van der Waals surface area contributed by atoms with Gasteiger partial charge >= 0.3 is 0 Å². The van der Waals surface area contributed by atoms with Crippen molar-refractivity contribution in [2.75, 3.05) is 7.11 Å². The molecule has 0 fully saturated rings. The van der Waals surface area contributed by atoms with Gasteiger partial charge in [-0.2, -0.15) is 0 Å². The second-order valence-corrected chi connectivity index (χ2v) is 4.60. The Morgan fingerprint density at radius 1 is 1.31 bits per heavy atom. The van der Waals surface area contributed by atoms with Gasteiger partial charge in [-0.05, 0) is 38.1 Å². The summed E-state index contributed by atoms with van der Waals surface area (Å²) in [4.78, 5) is 12.2. The molecule has 0 aromatic heterocycles. The first-order valence-corrected chi connectivity index (χ1v) is 5.98. The highest BCUT2D eigenvalue weighted by Gasteiger charge is 2.13. The van der Waals surface area contributed by atoms with Crippen LogP contribution in [0.5, 0.6) is 5.75 Å². The predicted molar refractivity (Wildman–Crippen MR) is 63.8 cm³/mol. The van der Waals surface area contributed by atoms with Crippen molar-refractivity contribution in [1.29, 1.82) is 0 Å². The van der Waals surface area contributed by atoms with Gasteiger partial charge in [0.2, 0.25) is 0 Å². The van der Waals surface area contributed by atoms with Crippen LogP contribution in [-0.2, 0) is 15.6 Å². The Balaban J connectivity index is 3.00. The quantitative estimate of drug-likeness (QED) is 0.756. The SMILES string of the molecule is C/C=C(\C(C)=O)S(=O)c1ccc(OC)cc1. The van der Waals surface area contributed by atoms with Gasteiger partial charge in [0.1, 0.15) is 5.75 Å². The second-order valence-electron chi connectivity index (χ2n) is 3.15. The van der Waals surface area contributed by atoms with Crippen molar-refractivity contribution >= 4 is 16.6 Å². The number of ketones is 1. The molecule has 0 bridgehead atoms. The molecule has 1 aromatic carbocycles. The van der Waals surface area contributed by atoms with E-state index in [1.807, 2.05) is 0 Å². The van der Waals surface area contributed by atoms with Gasteiger partial charge in [0.25, 0.3) is 0 Å². The highest BCUT2D eigenvalue weighted by atomic mass is 32.2. The molecule has 0 heterocycles. The Kier molecular flexibility index (Phi) is 4.43. The minimum atomic E-state index is -1.41. The van der Waals surface area contributed by atoms with Crippen LogP contribution in [0.15, 0.2) is 40.1 Å². The van der Waals surface area contributed by atoms with Crippen LogP contribution in [0.2, 0.25) is 0 Å². The zero-order valence-electron chi connectivity index (χ0n) is 9.52. The molecular formula is C12H14O3S. The van der Waals surface area contributed by atoms with E-state index in [-0.39, 0.29) is 5.78 Å². The van der Waals surface area contributed by atoms with Crippen molar-refractivity contribution < 1.29 is 13.7 Å². The Bertz CT molecular complexity index is 432. The fourth-order valence-corrected chi connectivity index (χ4v) is 2.38. The third kappa shape index (κ3) is 2.79. The summed E-state index contributed by atoms with van der Waals surface area (Å²) >= 11 is 0. The van der Waals surface area contributed by atoms with E-state index < -0.39 is 10.8 Å². The molecule has 1 rings (SSSR count). The fraction of sp³-hybridized carbons (Fsp3) is 0.250. The molecule has 3 nitrogen and oxygen atoms in total. The number of benzene rings is 1. The van der Waals surface area contributed by atoms with Crippen LogP contribution in [0.1, 0.15) is 13.8 Å². The third-order valence-corrected chi connectivity index (χ3v) is 3.71. The standard InChI is InChI=1S/C12H14O3S/c1-4-12(9(2)13)16(14)11-7-5-10(15-3)6-8-11/h4-8H,1-3H3/b12-4+. The average molecular weight is 238 g/mol.